The predicted octanol–water partition coefficient (Wildman–Crippen LogP) is 2.78. The van der Waals surface area contributed by atoms with Gasteiger partial charge in [-0.1, -0.05) is 24.4 Å². The third kappa shape index (κ3) is 5.57. The third-order valence-electron chi connectivity index (χ3n) is 4.06. The zero-order valence-electron chi connectivity index (χ0n) is 13.8. The van der Waals surface area contributed by atoms with Crippen molar-refractivity contribution in [3.63, 3.8) is 0 Å². The number of ether oxygens (including phenoxy) is 1. The second-order valence-corrected chi connectivity index (χ2v) is 6.22. The summed E-state index contributed by atoms with van der Waals surface area (Å²) in [5.74, 6) is 0.663. The standard InChI is InChI=1S/C18H23ClN2O3/c1-24-16-8-7-15(19)12-14(16)6-9-17(22)20-10-11-21-18(23)13-4-2-3-5-13/h6-9,12-13H,2-5,10-11H2,1H3,(H,20,22)(H,21,23)/b9-6+. The number of benzene rings is 1. The van der Waals surface area contributed by atoms with E-state index in [-0.39, 0.29) is 17.7 Å². The van der Waals surface area contributed by atoms with Crippen LogP contribution in [0.25, 0.3) is 6.08 Å². The maximum Gasteiger partial charge on any atom is 0.244 e. The van der Waals surface area contributed by atoms with Gasteiger partial charge in [0.25, 0.3) is 0 Å². The van der Waals surface area contributed by atoms with Gasteiger partial charge in [0.1, 0.15) is 5.75 Å². The average Bonchev–Trinajstić information content (AvgIpc) is 3.11. The van der Waals surface area contributed by atoms with Gasteiger partial charge in [-0.05, 0) is 37.1 Å². The number of amides is 2. The van der Waals surface area contributed by atoms with Crippen molar-refractivity contribution in [2.45, 2.75) is 25.7 Å². The Bertz CT molecular complexity index is 610. The van der Waals surface area contributed by atoms with Crippen molar-refractivity contribution >= 4 is 29.5 Å². The first-order valence-corrected chi connectivity index (χ1v) is 8.55. The quantitative estimate of drug-likeness (QED) is 0.587. The summed E-state index contributed by atoms with van der Waals surface area (Å²) in [5.41, 5.74) is 0.731. The van der Waals surface area contributed by atoms with Gasteiger partial charge < -0.3 is 15.4 Å². The first-order valence-electron chi connectivity index (χ1n) is 8.17. The lowest BCUT2D eigenvalue weighted by atomic mass is 10.1. The van der Waals surface area contributed by atoms with Crippen LogP contribution in [0.3, 0.4) is 0 Å². The third-order valence-corrected chi connectivity index (χ3v) is 4.29. The number of carbonyl (C=O) groups is 2. The van der Waals surface area contributed by atoms with Crippen LogP contribution < -0.4 is 15.4 Å². The molecule has 24 heavy (non-hydrogen) atoms. The predicted molar refractivity (Wildman–Crippen MR) is 95.0 cm³/mol. The highest BCUT2D eigenvalue weighted by Gasteiger charge is 2.21. The molecule has 130 valence electrons. The van der Waals surface area contributed by atoms with Gasteiger partial charge in [-0.2, -0.15) is 0 Å². The fourth-order valence-electron chi connectivity index (χ4n) is 2.76. The lowest BCUT2D eigenvalue weighted by molar-refractivity contribution is -0.125. The van der Waals surface area contributed by atoms with Crippen LogP contribution in [0.5, 0.6) is 5.75 Å². The van der Waals surface area contributed by atoms with Gasteiger partial charge in [0.05, 0.1) is 7.11 Å². The molecule has 2 N–H and O–H groups in total. The van der Waals surface area contributed by atoms with E-state index in [1.807, 2.05) is 0 Å². The van der Waals surface area contributed by atoms with Crippen molar-refractivity contribution in [3.05, 3.63) is 34.9 Å². The molecule has 0 atom stereocenters. The Morgan fingerprint density at radius 3 is 2.67 bits per heavy atom. The van der Waals surface area contributed by atoms with Gasteiger partial charge in [-0.25, -0.2) is 0 Å². The molecular weight excluding hydrogens is 328 g/mol. The van der Waals surface area contributed by atoms with Crippen LogP contribution in [0.1, 0.15) is 31.2 Å². The number of hydrogen-bond acceptors (Lipinski definition) is 3. The Kier molecular flexibility index (Phi) is 7.12. The molecule has 1 saturated carbocycles. The molecule has 0 heterocycles. The molecule has 2 amide bonds. The van der Waals surface area contributed by atoms with E-state index in [1.54, 1.807) is 31.4 Å². The first kappa shape index (κ1) is 18.3. The minimum absolute atomic E-state index is 0.0981. The summed E-state index contributed by atoms with van der Waals surface area (Å²) in [7, 11) is 1.56. The van der Waals surface area contributed by atoms with Gasteiger partial charge in [-0.15, -0.1) is 0 Å². The van der Waals surface area contributed by atoms with Gasteiger partial charge in [0.2, 0.25) is 11.8 Å². The van der Waals surface area contributed by atoms with Crippen molar-refractivity contribution in [1.82, 2.24) is 10.6 Å². The highest BCUT2D eigenvalue weighted by atomic mass is 35.5. The Morgan fingerprint density at radius 2 is 1.96 bits per heavy atom. The second-order valence-electron chi connectivity index (χ2n) is 5.78. The largest absolute Gasteiger partial charge is 0.496 e. The van der Waals surface area contributed by atoms with Crippen LogP contribution in [0, 0.1) is 5.92 Å². The fourth-order valence-corrected chi connectivity index (χ4v) is 2.94. The molecule has 1 aromatic rings. The molecule has 0 radical (unpaired) electrons. The van der Waals surface area contributed by atoms with E-state index in [0.29, 0.717) is 23.9 Å². The summed E-state index contributed by atoms with van der Waals surface area (Å²) in [6.07, 6.45) is 7.29. The van der Waals surface area contributed by atoms with Crippen LogP contribution in [0.15, 0.2) is 24.3 Å². The minimum Gasteiger partial charge on any atom is -0.496 e. The fraction of sp³-hybridized carbons (Fsp3) is 0.444. The van der Waals surface area contributed by atoms with Gasteiger partial charge in [-0.3, -0.25) is 9.59 Å². The summed E-state index contributed by atoms with van der Waals surface area (Å²) in [6, 6.07) is 5.20. The van der Waals surface area contributed by atoms with Gasteiger partial charge in [0, 0.05) is 35.7 Å². The SMILES string of the molecule is COc1ccc(Cl)cc1/C=C/C(=O)NCCNC(=O)C1CCCC1. The maximum atomic E-state index is 11.8. The normalized spacial score (nSPS) is 14.8. The number of halogens is 1. The summed E-state index contributed by atoms with van der Waals surface area (Å²) >= 11 is 5.94. The van der Waals surface area contributed by atoms with E-state index in [9.17, 15) is 9.59 Å². The average molecular weight is 351 g/mol. The van der Waals surface area contributed by atoms with E-state index in [0.717, 1.165) is 31.2 Å². The molecule has 1 aromatic carbocycles. The Hall–Kier alpha value is -2.01. The molecule has 0 aliphatic heterocycles. The van der Waals surface area contributed by atoms with E-state index >= 15 is 0 Å². The molecule has 0 unspecified atom stereocenters. The molecule has 2 rings (SSSR count). The van der Waals surface area contributed by atoms with E-state index in [4.69, 9.17) is 16.3 Å². The Balaban J connectivity index is 1.73. The number of hydrogen-bond donors (Lipinski definition) is 2. The van der Waals surface area contributed by atoms with Crippen molar-refractivity contribution in [1.29, 1.82) is 0 Å². The van der Waals surface area contributed by atoms with E-state index in [1.165, 1.54) is 6.08 Å². The molecule has 0 aromatic heterocycles. The molecule has 5 nitrogen and oxygen atoms in total. The maximum absolute atomic E-state index is 11.8. The summed E-state index contributed by atoms with van der Waals surface area (Å²) in [6.45, 7) is 0.837. The van der Waals surface area contributed by atoms with Crippen LogP contribution in [-0.2, 0) is 9.59 Å². The Morgan fingerprint density at radius 1 is 1.25 bits per heavy atom. The number of nitrogens with one attached hydrogen (secondary N) is 2. The number of methoxy groups -OCH3 is 1. The second kappa shape index (κ2) is 9.33. The van der Waals surface area contributed by atoms with Crippen LogP contribution >= 0.6 is 11.6 Å². The minimum atomic E-state index is -0.229. The van der Waals surface area contributed by atoms with Crippen molar-refractivity contribution in [3.8, 4) is 5.75 Å². The highest BCUT2D eigenvalue weighted by Crippen LogP contribution is 2.24. The molecule has 0 saturated heterocycles. The Labute approximate surface area is 147 Å². The van der Waals surface area contributed by atoms with Crippen molar-refractivity contribution < 1.29 is 14.3 Å². The lowest BCUT2D eigenvalue weighted by Gasteiger charge is -2.10. The van der Waals surface area contributed by atoms with E-state index in [2.05, 4.69) is 10.6 Å². The molecule has 0 spiro atoms. The number of rotatable bonds is 7. The zero-order chi connectivity index (χ0) is 17.4. The van der Waals surface area contributed by atoms with Crippen molar-refractivity contribution in [2.24, 2.45) is 5.92 Å². The monoisotopic (exact) mass is 350 g/mol. The zero-order valence-corrected chi connectivity index (χ0v) is 14.6. The van der Waals surface area contributed by atoms with Crippen LogP contribution in [0.2, 0.25) is 5.02 Å². The molecule has 1 aliphatic carbocycles. The molecule has 1 aliphatic rings. The summed E-state index contributed by atoms with van der Waals surface area (Å²) in [5, 5.41) is 6.18. The lowest BCUT2D eigenvalue weighted by Crippen LogP contribution is -2.36. The first-order chi connectivity index (χ1) is 11.6. The summed E-state index contributed by atoms with van der Waals surface area (Å²) < 4.78 is 5.22. The van der Waals surface area contributed by atoms with Crippen LogP contribution in [0.4, 0.5) is 0 Å². The highest BCUT2D eigenvalue weighted by molar-refractivity contribution is 6.30. The van der Waals surface area contributed by atoms with Gasteiger partial charge in [0.15, 0.2) is 0 Å². The molecule has 1 fully saturated rings. The topological polar surface area (TPSA) is 67.4 Å². The van der Waals surface area contributed by atoms with Crippen LogP contribution in [-0.4, -0.2) is 32.0 Å². The summed E-state index contributed by atoms with van der Waals surface area (Å²) in [4.78, 5) is 23.7. The smallest absolute Gasteiger partial charge is 0.244 e. The van der Waals surface area contributed by atoms with Crippen molar-refractivity contribution in [2.75, 3.05) is 20.2 Å². The molecule has 0 bridgehead atoms. The van der Waals surface area contributed by atoms with E-state index < -0.39 is 0 Å². The number of carbonyl (C=O) groups excluding carboxylic acids is 2. The molecular formula is C18H23ClN2O3. The van der Waals surface area contributed by atoms with Gasteiger partial charge >= 0.3 is 0 Å². The molecule has 6 heteroatoms.